The van der Waals surface area contributed by atoms with E-state index < -0.39 is 24.1 Å². The summed E-state index contributed by atoms with van der Waals surface area (Å²) >= 11 is 3.74. The summed E-state index contributed by atoms with van der Waals surface area (Å²) in [4.78, 5) is 29.7. The second kappa shape index (κ2) is 11.3. The van der Waals surface area contributed by atoms with Crippen molar-refractivity contribution >= 4 is 38.8 Å². The maximum Gasteiger partial charge on any atom is 0.359 e. The van der Waals surface area contributed by atoms with Crippen molar-refractivity contribution in [1.82, 2.24) is 30.2 Å². The number of H-pyrrole nitrogens is 1. The highest BCUT2D eigenvalue weighted by Gasteiger charge is 2.26. The summed E-state index contributed by atoms with van der Waals surface area (Å²) < 4.78 is 19.3. The number of fused-ring (bicyclic) bond motifs is 1. The van der Waals surface area contributed by atoms with Gasteiger partial charge >= 0.3 is 11.9 Å². The summed E-state index contributed by atoms with van der Waals surface area (Å²) in [5, 5.41) is 15.1. The van der Waals surface area contributed by atoms with Gasteiger partial charge in [-0.1, -0.05) is 37.3 Å². The van der Waals surface area contributed by atoms with Crippen LogP contribution in [0.15, 0.2) is 51.4 Å². The fourth-order valence-electron chi connectivity index (χ4n) is 4.48. The third-order valence-corrected chi connectivity index (χ3v) is 7.31. The van der Waals surface area contributed by atoms with Crippen molar-refractivity contribution in [2.75, 3.05) is 6.79 Å². The van der Waals surface area contributed by atoms with Crippen LogP contribution in [0.5, 0.6) is 0 Å². The number of hydrogen-bond acceptors (Lipinski definition) is 9. The number of esters is 2. The highest BCUT2D eigenvalue weighted by Crippen LogP contribution is 2.41. The number of rotatable bonds is 8. The summed E-state index contributed by atoms with van der Waals surface area (Å²) in [6.45, 7) is 8.83. The van der Waals surface area contributed by atoms with Crippen molar-refractivity contribution in [3.05, 3.63) is 69.7 Å². The number of nitrogens with zero attached hydrogens (tertiary/aromatic N) is 5. The first-order valence-corrected chi connectivity index (χ1v) is 13.8. The molecule has 1 N–H and O–H groups in total. The molecule has 5 aromatic rings. The van der Waals surface area contributed by atoms with E-state index in [1.807, 2.05) is 54.0 Å². The predicted molar refractivity (Wildman–Crippen MR) is 154 cm³/mol. The number of aromatic amines is 1. The molecule has 41 heavy (non-hydrogen) atoms. The van der Waals surface area contributed by atoms with Gasteiger partial charge in [-0.2, -0.15) is 0 Å². The molecule has 212 valence electrons. The van der Waals surface area contributed by atoms with Gasteiger partial charge < -0.3 is 18.5 Å². The standard InChI is InChI=1S/C29H29BrN6O5/c1-6-22-31-16(2)24(27(37)39-15-40-28(38)29(3,4)5)36(22)14-17-11-12-21-20(13-17)23(30)25(41-21)18-9-7-8-10-19(18)26-32-34-35-33-26/h7-13H,6,14-15H2,1-5H3,(H,32,33,34,35). The van der Waals surface area contributed by atoms with Gasteiger partial charge in [0, 0.05) is 29.5 Å². The lowest BCUT2D eigenvalue weighted by molar-refractivity contribution is -0.161. The van der Waals surface area contributed by atoms with Gasteiger partial charge in [0.05, 0.1) is 15.6 Å². The van der Waals surface area contributed by atoms with Gasteiger partial charge in [0.1, 0.15) is 17.2 Å². The number of hydrogen-bond donors (Lipinski definition) is 1. The monoisotopic (exact) mass is 620 g/mol. The van der Waals surface area contributed by atoms with Crippen molar-refractivity contribution in [3.8, 4) is 22.7 Å². The van der Waals surface area contributed by atoms with Gasteiger partial charge in [0.25, 0.3) is 0 Å². The average Bonchev–Trinajstić information content (AvgIpc) is 3.66. The second-order valence-electron chi connectivity index (χ2n) is 10.5. The fourth-order valence-corrected chi connectivity index (χ4v) is 5.08. The molecular formula is C29H29BrN6O5. The molecule has 3 heterocycles. The first-order valence-electron chi connectivity index (χ1n) is 13.0. The van der Waals surface area contributed by atoms with Crippen LogP contribution in [0.4, 0.5) is 0 Å². The fraction of sp³-hybridized carbons (Fsp3) is 0.310. The van der Waals surface area contributed by atoms with Crippen LogP contribution in [-0.2, 0) is 27.2 Å². The van der Waals surface area contributed by atoms with E-state index in [2.05, 4.69) is 41.5 Å². The number of aromatic nitrogens is 6. The van der Waals surface area contributed by atoms with Crippen LogP contribution in [-0.4, -0.2) is 48.9 Å². The molecule has 0 unspecified atom stereocenters. The third kappa shape index (κ3) is 5.64. The Bertz CT molecular complexity index is 1730. The first-order chi connectivity index (χ1) is 19.6. The Kier molecular flexibility index (Phi) is 7.76. The van der Waals surface area contributed by atoms with Crippen LogP contribution in [0.2, 0.25) is 0 Å². The topological polar surface area (TPSA) is 138 Å². The number of tetrazole rings is 1. The Hall–Kier alpha value is -4.32. The molecule has 0 aliphatic carbocycles. The summed E-state index contributed by atoms with van der Waals surface area (Å²) in [6, 6.07) is 13.6. The van der Waals surface area contributed by atoms with Crippen LogP contribution in [0.1, 0.15) is 55.3 Å². The molecule has 0 radical (unpaired) electrons. The largest absolute Gasteiger partial charge is 0.455 e. The molecule has 0 spiro atoms. The number of imidazole rings is 1. The van der Waals surface area contributed by atoms with Crippen LogP contribution < -0.4 is 0 Å². The Morgan fingerprint density at radius 3 is 2.54 bits per heavy atom. The summed E-state index contributed by atoms with van der Waals surface area (Å²) in [5.41, 5.74) is 3.41. The third-order valence-electron chi connectivity index (χ3n) is 6.53. The molecule has 3 aromatic heterocycles. The summed E-state index contributed by atoms with van der Waals surface area (Å²) in [7, 11) is 0. The molecule has 0 aliphatic heterocycles. The Morgan fingerprint density at radius 2 is 1.85 bits per heavy atom. The molecule has 0 atom stereocenters. The maximum absolute atomic E-state index is 13.1. The lowest BCUT2D eigenvalue weighted by Gasteiger charge is -2.16. The van der Waals surface area contributed by atoms with E-state index in [0.717, 1.165) is 32.4 Å². The maximum atomic E-state index is 13.1. The number of halogens is 1. The van der Waals surface area contributed by atoms with Crippen molar-refractivity contribution in [2.45, 2.75) is 47.6 Å². The minimum absolute atomic E-state index is 0.315. The number of ether oxygens (including phenoxy) is 2. The van der Waals surface area contributed by atoms with Gasteiger partial charge in [-0.05, 0) is 71.7 Å². The van der Waals surface area contributed by atoms with E-state index >= 15 is 0 Å². The molecule has 0 saturated carbocycles. The van der Waals surface area contributed by atoms with E-state index in [4.69, 9.17) is 13.9 Å². The zero-order valence-corrected chi connectivity index (χ0v) is 24.9. The number of carbonyl (C=O) groups excluding carboxylic acids is 2. The quantitative estimate of drug-likeness (QED) is 0.167. The number of benzene rings is 2. The van der Waals surface area contributed by atoms with Crippen LogP contribution in [0.3, 0.4) is 0 Å². The summed E-state index contributed by atoms with van der Waals surface area (Å²) in [6.07, 6.45) is 0.613. The molecule has 0 bridgehead atoms. The van der Waals surface area contributed by atoms with Gasteiger partial charge in [-0.25, -0.2) is 14.9 Å². The second-order valence-corrected chi connectivity index (χ2v) is 11.3. The number of nitrogens with one attached hydrogen (secondary N) is 1. The molecular weight excluding hydrogens is 592 g/mol. The van der Waals surface area contributed by atoms with Crippen molar-refractivity contribution < 1.29 is 23.5 Å². The number of furan rings is 1. The molecule has 0 amide bonds. The normalized spacial score (nSPS) is 11.7. The Morgan fingerprint density at radius 1 is 1.10 bits per heavy atom. The van der Waals surface area contributed by atoms with E-state index in [-0.39, 0.29) is 0 Å². The van der Waals surface area contributed by atoms with E-state index in [1.54, 1.807) is 27.7 Å². The molecule has 0 aliphatic rings. The van der Waals surface area contributed by atoms with Gasteiger partial charge in [-0.15, -0.1) is 5.10 Å². The van der Waals surface area contributed by atoms with Crippen molar-refractivity contribution in [3.63, 3.8) is 0 Å². The zero-order valence-electron chi connectivity index (χ0n) is 23.3. The van der Waals surface area contributed by atoms with Gasteiger partial charge in [0.15, 0.2) is 11.5 Å². The Balaban J connectivity index is 1.44. The lowest BCUT2D eigenvalue weighted by Crippen LogP contribution is -2.25. The Labute approximate surface area is 244 Å². The molecule has 5 rings (SSSR count). The molecule has 12 heteroatoms. The highest BCUT2D eigenvalue weighted by molar-refractivity contribution is 9.10. The molecule has 0 saturated heterocycles. The minimum Gasteiger partial charge on any atom is -0.455 e. The summed E-state index contributed by atoms with van der Waals surface area (Å²) in [5.74, 6) is 0.851. The smallest absolute Gasteiger partial charge is 0.359 e. The number of aryl methyl sites for hydroxylation is 2. The number of carbonyl (C=O) groups is 2. The average molecular weight is 621 g/mol. The molecule has 0 fully saturated rings. The molecule has 11 nitrogen and oxygen atoms in total. The van der Waals surface area contributed by atoms with Crippen molar-refractivity contribution in [1.29, 1.82) is 0 Å². The minimum atomic E-state index is -0.700. The van der Waals surface area contributed by atoms with Gasteiger partial charge in [0.2, 0.25) is 6.79 Å². The van der Waals surface area contributed by atoms with Crippen LogP contribution in [0, 0.1) is 12.3 Å². The van der Waals surface area contributed by atoms with Crippen molar-refractivity contribution in [2.24, 2.45) is 5.41 Å². The SMILES string of the molecule is CCc1nc(C)c(C(=O)OCOC(=O)C(C)(C)C)n1Cc1ccc2oc(-c3ccccc3-c3nnn[nH]3)c(Br)c2c1. The highest BCUT2D eigenvalue weighted by atomic mass is 79.9. The van der Waals surface area contributed by atoms with Crippen LogP contribution in [0.25, 0.3) is 33.7 Å². The predicted octanol–water partition coefficient (Wildman–Crippen LogP) is 5.86. The zero-order chi connectivity index (χ0) is 29.3. The van der Waals surface area contributed by atoms with E-state index in [1.165, 1.54) is 0 Å². The van der Waals surface area contributed by atoms with E-state index in [0.29, 0.717) is 41.5 Å². The van der Waals surface area contributed by atoms with Gasteiger partial charge in [-0.3, -0.25) is 4.79 Å². The van der Waals surface area contributed by atoms with Crippen LogP contribution >= 0.6 is 15.9 Å². The lowest BCUT2D eigenvalue weighted by atomic mass is 9.98. The molecule has 2 aromatic carbocycles. The van der Waals surface area contributed by atoms with E-state index in [9.17, 15) is 9.59 Å². The first kappa shape index (κ1) is 28.2.